The van der Waals surface area contributed by atoms with Crippen molar-refractivity contribution in [2.24, 2.45) is 0 Å². The number of allylic oxidation sites excluding steroid dienone is 2. The fourth-order valence-electron chi connectivity index (χ4n) is 4.91. The molecule has 226 valence electrons. The van der Waals surface area contributed by atoms with Gasteiger partial charge in [0.05, 0.1) is 19.3 Å². The van der Waals surface area contributed by atoms with Crippen molar-refractivity contribution in [1.29, 1.82) is 5.26 Å². The van der Waals surface area contributed by atoms with Crippen molar-refractivity contribution in [3.05, 3.63) is 137 Å². The molecular weight excluding hydrogens is 674 g/mol. The Labute approximate surface area is 279 Å². The maximum atomic E-state index is 9.43. The van der Waals surface area contributed by atoms with Crippen molar-refractivity contribution in [1.82, 2.24) is 0 Å². The van der Waals surface area contributed by atoms with Gasteiger partial charge in [-0.15, -0.1) is 0 Å². The number of rotatable bonds is 15. The van der Waals surface area contributed by atoms with Crippen molar-refractivity contribution in [2.45, 2.75) is 39.5 Å². The number of alkyl halides is 2. The van der Waals surface area contributed by atoms with Crippen LogP contribution in [0.15, 0.2) is 109 Å². The predicted octanol–water partition coefficient (Wildman–Crippen LogP) is 11.1. The number of ether oxygens (including phenoxy) is 2. The average molecular weight is 714 g/mol. The van der Waals surface area contributed by atoms with Crippen LogP contribution in [0.25, 0.3) is 16.7 Å². The van der Waals surface area contributed by atoms with Crippen molar-refractivity contribution >= 4 is 48.6 Å². The summed E-state index contributed by atoms with van der Waals surface area (Å²) in [6.07, 6.45) is 4.20. The molecule has 0 aliphatic rings. The largest absolute Gasteiger partial charge is 0.494 e. The van der Waals surface area contributed by atoms with Crippen molar-refractivity contribution < 1.29 is 9.47 Å². The maximum absolute atomic E-state index is 9.43. The van der Waals surface area contributed by atoms with Crippen LogP contribution in [-0.2, 0) is 0 Å². The van der Waals surface area contributed by atoms with E-state index in [0.717, 1.165) is 98.0 Å². The van der Waals surface area contributed by atoms with Gasteiger partial charge in [0, 0.05) is 16.2 Å². The van der Waals surface area contributed by atoms with Crippen LogP contribution in [0.4, 0.5) is 0 Å². The standard InChI is InChI=1S/C39H39Br2NO2/c1-29(28-42)30(2)31-12-14-33(15-13-31)38(32-10-4-3-5-11-32)39(34-16-20-36(21-17-34)43-26-8-6-24-40)35-18-22-37(23-19-35)44-27-9-7-25-41/h3-5,10-23H,6-9,24-27H2,1-2H3/b30-29+. The maximum Gasteiger partial charge on any atom is 0.119 e. The quantitative estimate of drug-likeness (QED) is 0.0533. The number of nitrogens with zero attached hydrogens (tertiary/aromatic N) is 1. The topological polar surface area (TPSA) is 42.2 Å². The molecule has 0 heterocycles. The third-order valence-electron chi connectivity index (χ3n) is 7.53. The fourth-order valence-corrected chi connectivity index (χ4v) is 5.70. The van der Waals surface area contributed by atoms with Gasteiger partial charge >= 0.3 is 0 Å². The zero-order chi connectivity index (χ0) is 31.1. The van der Waals surface area contributed by atoms with E-state index in [1.165, 1.54) is 0 Å². The molecule has 0 fully saturated rings. The van der Waals surface area contributed by atoms with Gasteiger partial charge in [-0.25, -0.2) is 0 Å². The summed E-state index contributed by atoms with van der Waals surface area (Å²) >= 11 is 6.99. The molecule has 0 amide bonds. The van der Waals surface area contributed by atoms with Crippen LogP contribution in [0.5, 0.6) is 11.5 Å². The van der Waals surface area contributed by atoms with Gasteiger partial charge in [-0.2, -0.15) is 5.26 Å². The van der Waals surface area contributed by atoms with Crippen LogP contribution in [0.3, 0.4) is 0 Å². The molecule has 0 saturated carbocycles. The highest BCUT2D eigenvalue weighted by Crippen LogP contribution is 2.38. The summed E-state index contributed by atoms with van der Waals surface area (Å²) in [5, 5.41) is 11.4. The number of hydrogen-bond donors (Lipinski definition) is 0. The van der Waals surface area contributed by atoms with Crippen LogP contribution in [0.1, 0.15) is 67.3 Å². The number of halogens is 2. The van der Waals surface area contributed by atoms with E-state index >= 15 is 0 Å². The Hall–Kier alpha value is -3.59. The van der Waals surface area contributed by atoms with Crippen molar-refractivity contribution in [3.8, 4) is 17.6 Å². The zero-order valence-corrected chi connectivity index (χ0v) is 28.7. The Morgan fingerprint density at radius 3 is 1.34 bits per heavy atom. The Morgan fingerprint density at radius 2 is 0.932 bits per heavy atom. The number of unbranched alkanes of at least 4 members (excludes halogenated alkanes) is 2. The summed E-state index contributed by atoms with van der Waals surface area (Å²) in [6.45, 7) is 5.26. The van der Waals surface area contributed by atoms with Gasteiger partial charge in [0.15, 0.2) is 0 Å². The number of nitriles is 1. The average Bonchev–Trinajstić information content (AvgIpc) is 3.08. The third-order valence-corrected chi connectivity index (χ3v) is 8.65. The summed E-state index contributed by atoms with van der Waals surface area (Å²) in [6, 6.07) is 38.2. The second-order valence-corrected chi connectivity index (χ2v) is 12.2. The molecule has 0 bridgehead atoms. The smallest absolute Gasteiger partial charge is 0.119 e. The normalized spacial score (nSPS) is 11.3. The molecule has 4 rings (SSSR count). The van der Waals surface area contributed by atoms with E-state index in [9.17, 15) is 5.26 Å². The van der Waals surface area contributed by atoms with Gasteiger partial charge in [0.1, 0.15) is 11.5 Å². The first-order chi connectivity index (χ1) is 21.5. The van der Waals surface area contributed by atoms with Gasteiger partial charge in [-0.1, -0.05) is 111 Å². The Bertz CT molecular complexity index is 1510. The van der Waals surface area contributed by atoms with E-state index in [1.807, 2.05) is 19.9 Å². The lowest BCUT2D eigenvalue weighted by molar-refractivity contribution is 0.310. The van der Waals surface area contributed by atoms with Crippen molar-refractivity contribution in [3.63, 3.8) is 0 Å². The van der Waals surface area contributed by atoms with E-state index in [-0.39, 0.29) is 0 Å². The highest BCUT2D eigenvalue weighted by Gasteiger charge is 2.17. The molecule has 0 unspecified atom stereocenters. The molecule has 4 aromatic rings. The molecule has 0 aliphatic heterocycles. The number of hydrogen-bond acceptors (Lipinski definition) is 3. The van der Waals surface area contributed by atoms with E-state index in [4.69, 9.17) is 9.47 Å². The first kappa shape index (κ1) is 33.3. The van der Waals surface area contributed by atoms with E-state index in [1.54, 1.807) is 0 Å². The molecule has 0 N–H and O–H groups in total. The molecule has 5 heteroatoms. The highest BCUT2D eigenvalue weighted by molar-refractivity contribution is 9.09. The van der Waals surface area contributed by atoms with Crippen LogP contribution >= 0.6 is 31.9 Å². The molecule has 0 atom stereocenters. The molecule has 0 aliphatic carbocycles. The lowest BCUT2D eigenvalue weighted by atomic mass is 9.85. The Balaban J connectivity index is 1.84. The predicted molar refractivity (Wildman–Crippen MR) is 192 cm³/mol. The van der Waals surface area contributed by atoms with E-state index in [2.05, 4.69) is 135 Å². The minimum Gasteiger partial charge on any atom is -0.494 e. The summed E-state index contributed by atoms with van der Waals surface area (Å²) in [7, 11) is 0. The van der Waals surface area contributed by atoms with Gasteiger partial charge in [0.25, 0.3) is 0 Å². The van der Waals surface area contributed by atoms with Crippen LogP contribution in [-0.4, -0.2) is 23.9 Å². The first-order valence-corrected chi connectivity index (χ1v) is 17.4. The van der Waals surface area contributed by atoms with Crippen LogP contribution in [0.2, 0.25) is 0 Å². The molecular formula is C39H39Br2NO2. The molecule has 0 spiro atoms. The Morgan fingerprint density at radius 1 is 0.545 bits per heavy atom. The molecule has 3 nitrogen and oxygen atoms in total. The van der Waals surface area contributed by atoms with Gasteiger partial charge < -0.3 is 9.47 Å². The van der Waals surface area contributed by atoms with Crippen LogP contribution in [0, 0.1) is 11.3 Å². The summed E-state index contributed by atoms with van der Waals surface area (Å²) < 4.78 is 12.1. The van der Waals surface area contributed by atoms with Crippen molar-refractivity contribution in [2.75, 3.05) is 23.9 Å². The van der Waals surface area contributed by atoms with E-state index < -0.39 is 0 Å². The van der Waals surface area contributed by atoms with E-state index in [0.29, 0.717) is 13.2 Å². The number of benzene rings is 4. The molecule has 0 aromatic heterocycles. The highest BCUT2D eigenvalue weighted by atomic mass is 79.9. The van der Waals surface area contributed by atoms with Gasteiger partial charge in [-0.05, 0) is 108 Å². The zero-order valence-electron chi connectivity index (χ0n) is 25.5. The second kappa shape index (κ2) is 17.6. The third kappa shape index (κ3) is 9.21. The SMILES string of the molecule is C/C(C#N)=C(/C)c1ccc(C(=C(c2ccc(OCCCCBr)cc2)c2ccc(OCCCCBr)cc2)c2ccccc2)cc1. The molecule has 44 heavy (non-hydrogen) atoms. The first-order valence-electron chi connectivity index (χ1n) is 15.1. The minimum absolute atomic E-state index is 0.700. The fraction of sp³-hybridized carbons (Fsp3) is 0.256. The lowest BCUT2D eigenvalue weighted by Gasteiger charge is -2.19. The van der Waals surface area contributed by atoms with Crippen LogP contribution < -0.4 is 9.47 Å². The monoisotopic (exact) mass is 711 g/mol. The minimum atomic E-state index is 0.700. The lowest BCUT2D eigenvalue weighted by Crippen LogP contribution is -2.00. The Kier molecular flexibility index (Phi) is 13.4. The summed E-state index contributed by atoms with van der Waals surface area (Å²) in [5.41, 5.74) is 9.44. The molecule has 0 radical (unpaired) electrons. The van der Waals surface area contributed by atoms with Gasteiger partial charge in [0.2, 0.25) is 0 Å². The molecule has 4 aromatic carbocycles. The molecule has 0 saturated heterocycles. The van der Waals surface area contributed by atoms with Gasteiger partial charge in [-0.3, -0.25) is 0 Å². The second-order valence-electron chi connectivity index (χ2n) is 10.6. The summed E-state index contributed by atoms with van der Waals surface area (Å²) in [5.74, 6) is 1.74. The summed E-state index contributed by atoms with van der Waals surface area (Å²) in [4.78, 5) is 0.